The molecule has 0 aliphatic carbocycles. The second kappa shape index (κ2) is 7.70. The maximum absolute atomic E-state index is 11.2. The second-order valence-electron chi connectivity index (χ2n) is 6.59. The summed E-state index contributed by atoms with van der Waals surface area (Å²) in [4.78, 5) is 9.05. The van der Waals surface area contributed by atoms with Gasteiger partial charge < -0.3 is 15.0 Å². The number of hydrogen-bond donors (Lipinski definition) is 1. The van der Waals surface area contributed by atoms with E-state index in [9.17, 15) is 8.42 Å². The van der Waals surface area contributed by atoms with Crippen LogP contribution in [0.5, 0.6) is 0 Å². The summed E-state index contributed by atoms with van der Waals surface area (Å²) in [6.07, 6.45) is 3.48. The number of imidazole rings is 1. The number of pyridine rings is 1. The molecule has 0 aliphatic heterocycles. The molecule has 0 amide bonds. The van der Waals surface area contributed by atoms with Crippen LogP contribution in [0.1, 0.15) is 49.4 Å². The lowest BCUT2D eigenvalue weighted by molar-refractivity contribution is 0.109. The molecule has 1 unspecified atom stereocenters. The van der Waals surface area contributed by atoms with Gasteiger partial charge in [-0.3, -0.25) is 0 Å². The van der Waals surface area contributed by atoms with Gasteiger partial charge in [0.25, 0.3) is 0 Å². The quantitative estimate of drug-likeness (QED) is 0.719. The highest BCUT2D eigenvalue weighted by Gasteiger charge is 2.20. The highest BCUT2D eigenvalue weighted by molar-refractivity contribution is 7.90. The highest BCUT2D eigenvalue weighted by atomic mass is 32.2. The Hall–Kier alpha value is -1.67. The van der Waals surface area contributed by atoms with Crippen molar-refractivity contribution in [1.29, 1.82) is 0 Å². The Bertz CT molecular complexity index is 859. The largest absolute Gasteiger partial charge is 0.382 e. The molecule has 0 aromatic carbocycles. The smallest absolute Gasteiger partial charge is 0.151 e. The van der Waals surface area contributed by atoms with Gasteiger partial charge in [-0.1, -0.05) is 6.42 Å². The summed E-state index contributed by atoms with van der Waals surface area (Å²) in [6, 6.07) is 0. The van der Waals surface area contributed by atoms with Crippen LogP contribution in [0.3, 0.4) is 0 Å². The normalized spacial score (nSPS) is 13.5. The summed E-state index contributed by atoms with van der Waals surface area (Å²) in [5.74, 6) is 1.48. The van der Waals surface area contributed by atoms with E-state index in [1.165, 1.54) is 6.26 Å². The van der Waals surface area contributed by atoms with Crippen molar-refractivity contribution in [2.45, 2.75) is 52.7 Å². The molecule has 8 heteroatoms. The number of aryl methyl sites for hydroxylation is 3. The van der Waals surface area contributed by atoms with Crippen LogP contribution in [-0.2, 0) is 21.1 Å². The van der Waals surface area contributed by atoms with Gasteiger partial charge in [-0.05, 0) is 39.2 Å². The summed E-state index contributed by atoms with van der Waals surface area (Å²) in [5.41, 5.74) is 9.73. The van der Waals surface area contributed by atoms with Gasteiger partial charge in [0.05, 0.1) is 5.52 Å². The molecule has 2 rings (SSSR count). The number of unbranched alkanes of at least 4 members (excludes halogenated alkanes) is 2. The number of methoxy groups -OCH3 is 1. The van der Waals surface area contributed by atoms with Crippen LogP contribution in [0.2, 0.25) is 0 Å². The minimum absolute atomic E-state index is 0.164. The van der Waals surface area contributed by atoms with E-state index in [1.807, 2.05) is 20.8 Å². The highest BCUT2D eigenvalue weighted by Crippen LogP contribution is 2.29. The van der Waals surface area contributed by atoms with Crippen LogP contribution in [0.25, 0.3) is 11.0 Å². The number of hydrogen-bond acceptors (Lipinski definition) is 6. The fourth-order valence-electron chi connectivity index (χ4n) is 2.97. The number of nitrogens with zero attached hydrogens (tertiary/aromatic N) is 3. The van der Waals surface area contributed by atoms with Crippen molar-refractivity contribution in [1.82, 2.24) is 14.5 Å². The number of aromatic nitrogens is 3. The molecule has 0 fully saturated rings. The Morgan fingerprint density at radius 1 is 1.20 bits per heavy atom. The number of nitrogens with two attached hydrogens (primary N) is 1. The molecular weight excluding hydrogens is 340 g/mol. The molecule has 0 aliphatic rings. The predicted molar refractivity (Wildman–Crippen MR) is 100 cm³/mol. The van der Waals surface area contributed by atoms with Gasteiger partial charge >= 0.3 is 0 Å². The zero-order chi connectivity index (χ0) is 18.8. The first-order chi connectivity index (χ1) is 11.7. The van der Waals surface area contributed by atoms with E-state index in [0.717, 1.165) is 42.0 Å². The standard InChI is InChI=1S/C17H28N4O3S/c1-11-12(2)19-16(18)14-15(11)21(17(20-14)13(3)24-4)9-7-6-8-10-25(5,22)23/h13H,6-10H2,1-5H3,(H2,18,19). The minimum atomic E-state index is -2.90. The van der Waals surface area contributed by atoms with Gasteiger partial charge in [-0.15, -0.1) is 0 Å². The zero-order valence-corrected chi connectivity index (χ0v) is 16.5. The Balaban J connectivity index is 2.32. The van der Waals surface area contributed by atoms with Crippen LogP contribution < -0.4 is 5.73 Å². The minimum Gasteiger partial charge on any atom is -0.382 e. The average Bonchev–Trinajstić information content (AvgIpc) is 2.91. The van der Waals surface area contributed by atoms with Crippen LogP contribution >= 0.6 is 0 Å². The zero-order valence-electron chi connectivity index (χ0n) is 15.7. The van der Waals surface area contributed by atoms with Gasteiger partial charge in [0.1, 0.15) is 27.3 Å². The van der Waals surface area contributed by atoms with E-state index in [-0.39, 0.29) is 11.9 Å². The lowest BCUT2D eigenvalue weighted by atomic mass is 10.2. The summed E-state index contributed by atoms with van der Waals surface area (Å²) in [7, 11) is -1.25. The maximum atomic E-state index is 11.2. The fraction of sp³-hybridized carbons (Fsp3) is 0.647. The van der Waals surface area contributed by atoms with Crippen molar-refractivity contribution in [3.05, 3.63) is 17.1 Å². The summed E-state index contributed by atoms with van der Waals surface area (Å²) in [6.45, 7) is 6.65. The molecule has 7 nitrogen and oxygen atoms in total. The number of sulfone groups is 1. The number of anilines is 1. The molecule has 2 heterocycles. The van der Waals surface area contributed by atoms with Crippen LogP contribution in [-0.4, -0.2) is 42.1 Å². The van der Waals surface area contributed by atoms with E-state index in [1.54, 1.807) is 7.11 Å². The maximum Gasteiger partial charge on any atom is 0.151 e. The molecular formula is C17H28N4O3S. The molecule has 0 spiro atoms. The van der Waals surface area contributed by atoms with E-state index >= 15 is 0 Å². The Kier molecular flexibility index (Phi) is 6.05. The predicted octanol–water partition coefficient (Wildman–Crippen LogP) is 2.55. The SMILES string of the molecule is COC(C)c1nc2c(N)nc(C)c(C)c2n1CCCCCS(C)(=O)=O. The van der Waals surface area contributed by atoms with Crippen LogP contribution in [0.15, 0.2) is 0 Å². The van der Waals surface area contributed by atoms with E-state index in [4.69, 9.17) is 10.5 Å². The Morgan fingerprint density at radius 2 is 1.88 bits per heavy atom. The third kappa shape index (κ3) is 4.49. The number of rotatable bonds is 8. The van der Waals surface area contributed by atoms with E-state index < -0.39 is 9.84 Å². The Labute approximate surface area is 149 Å². The van der Waals surface area contributed by atoms with E-state index in [2.05, 4.69) is 14.5 Å². The molecule has 0 radical (unpaired) electrons. The molecule has 1 atom stereocenters. The third-order valence-electron chi connectivity index (χ3n) is 4.54. The summed E-state index contributed by atoms with van der Waals surface area (Å²) >= 11 is 0. The lowest BCUT2D eigenvalue weighted by Gasteiger charge is -2.14. The van der Waals surface area contributed by atoms with Crippen molar-refractivity contribution in [3.63, 3.8) is 0 Å². The Morgan fingerprint density at radius 3 is 2.48 bits per heavy atom. The third-order valence-corrected chi connectivity index (χ3v) is 5.57. The molecule has 0 saturated heterocycles. The molecule has 25 heavy (non-hydrogen) atoms. The molecule has 0 saturated carbocycles. The number of nitrogen functional groups attached to an aromatic ring is 1. The number of ether oxygens (including phenoxy) is 1. The first kappa shape index (κ1) is 19.7. The van der Waals surface area contributed by atoms with Gasteiger partial charge in [0.15, 0.2) is 5.82 Å². The van der Waals surface area contributed by atoms with Crippen molar-refractivity contribution in [3.8, 4) is 0 Å². The van der Waals surface area contributed by atoms with Crippen molar-refractivity contribution in [2.75, 3.05) is 24.9 Å². The average molecular weight is 369 g/mol. The molecule has 0 bridgehead atoms. The van der Waals surface area contributed by atoms with Gasteiger partial charge in [-0.25, -0.2) is 18.4 Å². The van der Waals surface area contributed by atoms with Crippen molar-refractivity contribution < 1.29 is 13.2 Å². The van der Waals surface area contributed by atoms with Gasteiger partial charge in [0.2, 0.25) is 0 Å². The first-order valence-corrected chi connectivity index (χ1v) is 10.5. The molecule has 2 aromatic heterocycles. The molecule has 2 N–H and O–H groups in total. The second-order valence-corrected chi connectivity index (χ2v) is 8.85. The van der Waals surface area contributed by atoms with Gasteiger partial charge in [0, 0.05) is 31.4 Å². The van der Waals surface area contributed by atoms with Crippen molar-refractivity contribution >= 4 is 26.7 Å². The summed E-state index contributed by atoms with van der Waals surface area (Å²) in [5, 5.41) is 0. The van der Waals surface area contributed by atoms with Crippen LogP contribution in [0.4, 0.5) is 5.82 Å². The first-order valence-electron chi connectivity index (χ1n) is 8.49. The van der Waals surface area contributed by atoms with E-state index in [0.29, 0.717) is 17.8 Å². The molecule has 140 valence electrons. The molecule has 2 aromatic rings. The number of fused-ring (bicyclic) bond motifs is 1. The monoisotopic (exact) mass is 368 g/mol. The fourth-order valence-corrected chi connectivity index (χ4v) is 3.70. The van der Waals surface area contributed by atoms with Crippen molar-refractivity contribution in [2.24, 2.45) is 0 Å². The van der Waals surface area contributed by atoms with Crippen LogP contribution in [0, 0.1) is 13.8 Å². The van der Waals surface area contributed by atoms with Gasteiger partial charge in [-0.2, -0.15) is 0 Å². The topological polar surface area (TPSA) is 100 Å². The lowest BCUT2D eigenvalue weighted by Crippen LogP contribution is -2.10. The summed E-state index contributed by atoms with van der Waals surface area (Å²) < 4.78 is 30.1.